The van der Waals surface area contributed by atoms with Crippen LogP contribution < -0.4 is 0 Å². The quantitative estimate of drug-likeness (QED) is 0.0261. The zero-order valence-electron chi connectivity index (χ0n) is 51.5. The third kappa shape index (κ3) is 64.9. The van der Waals surface area contributed by atoms with Crippen LogP contribution in [0.15, 0.2) is 194 Å². The molecule has 0 fully saturated rings. The lowest BCUT2D eigenvalue weighted by atomic mass is 10.1. The average Bonchev–Trinajstić information content (AvgIpc) is 3.47. The van der Waals surface area contributed by atoms with Crippen molar-refractivity contribution in [3.05, 3.63) is 194 Å². The van der Waals surface area contributed by atoms with E-state index in [1.54, 1.807) is 0 Å². The van der Waals surface area contributed by atoms with Crippen LogP contribution in [-0.4, -0.2) is 37.2 Å². The number of hydrogen-bond donors (Lipinski definition) is 0. The largest absolute Gasteiger partial charge is 0.462 e. The summed E-state index contributed by atoms with van der Waals surface area (Å²) in [6, 6.07) is 0. The molecule has 6 heteroatoms. The standard InChI is InChI=1S/C75H114O6/c1-4-7-10-13-16-19-22-25-28-31-34-35-36-37-38-39-42-44-47-50-53-56-59-62-65-68-74(77)80-71-72(81-75(78)69-66-63-60-57-54-51-48-45-41-33-30-27-24-21-18-15-12-9-6-3)70-79-73(76)67-64-61-58-55-52-49-46-43-40-32-29-26-23-20-17-14-11-8-5-2/h7,9-10,12,16-21,25-30,34-35,37-38,40-45,50-51,53-54,60,63,72H,4-6,8,11,13-15,22-24,31-33,36,39,46-49,52,55-59,61-62,64-71H2,1-3H3/b10-7-,12-9-,19-16-,20-17-,21-18-,28-25-,29-26-,30-27-,35-34-,38-37-,43-40-,44-42-,45-41-,53-50-,54-51-,63-60-. The third-order valence-corrected chi connectivity index (χ3v) is 12.6. The molecule has 1 atom stereocenters. The van der Waals surface area contributed by atoms with Crippen LogP contribution in [0, 0.1) is 0 Å². The van der Waals surface area contributed by atoms with E-state index in [-0.39, 0.29) is 38.0 Å². The molecule has 0 heterocycles. The molecular weight excluding hydrogens is 997 g/mol. The van der Waals surface area contributed by atoms with Crippen LogP contribution in [0.25, 0.3) is 0 Å². The molecule has 0 aliphatic heterocycles. The van der Waals surface area contributed by atoms with Gasteiger partial charge in [-0.25, -0.2) is 0 Å². The molecule has 0 saturated carbocycles. The maximum atomic E-state index is 12.9. The number of ether oxygens (including phenoxy) is 3. The van der Waals surface area contributed by atoms with Gasteiger partial charge in [-0.1, -0.05) is 260 Å². The second-order valence-corrected chi connectivity index (χ2v) is 20.2. The van der Waals surface area contributed by atoms with Gasteiger partial charge in [-0.15, -0.1) is 0 Å². The highest BCUT2D eigenvalue weighted by molar-refractivity contribution is 5.71. The number of unbranched alkanes of at least 4 members (excludes halogenated alkanes) is 12. The summed E-state index contributed by atoms with van der Waals surface area (Å²) >= 11 is 0. The Bertz CT molecular complexity index is 1950. The molecule has 0 radical (unpaired) electrons. The van der Waals surface area contributed by atoms with E-state index < -0.39 is 12.1 Å². The van der Waals surface area contributed by atoms with Crippen LogP contribution in [0.5, 0.6) is 0 Å². The highest BCUT2D eigenvalue weighted by Crippen LogP contribution is 2.12. The van der Waals surface area contributed by atoms with Crippen LogP contribution in [0.3, 0.4) is 0 Å². The highest BCUT2D eigenvalue weighted by atomic mass is 16.6. The van der Waals surface area contributed by atoms with Crippen molar-refractivity contribution in [1.82, 2.24) is 0 Å². The molecule has 0 rings (SSSR count). The van der Waals surface area contributed by atoms with Crippen molar-refractivity contribution in [3.63, 3.8) is 0 Å². The van der Waals surface area contributed by atoms with E-state index >= 15 is 0 Å². The highest BCUT2D eigenvalue weighted by Gasteiger charge is 2.19. The topological polar surface area (TPSA) is 78.9 Å². The SMILES string of the molecule is CC/C=C\C/C=C\C/C=C\C/C=C\C/C=C\C/C=C\C/C=C\CCCCCC(=O)OCC(COC(=O)CCCCCCCC/C=C\C/C=C\C/C=C\CCCCC)OC(=O)CC/C=C\C/C=C\C/C=C\C/C=C\C/C=C\C/C=C\CC. The Morgan fingerprint density at radius 2 is 0.506 bits per heavy atom. The van der Waals surface area contributed by atoms with Gasteiger partial charge >= 0.3 is 17.9 Å². The van der Waals surface area contributed by atoms with Crippen molar-refractivity contribution >= 4 is 17.9 Å². The molecule has 0 saturated heterocycles. The second-order valence-electron chi connectivity index (χ2n) is 20.2. The Hall–Kier alpha value is -5.75. The van der Waals surface area contributed by atoms with Gasteiger partial charge in [-0.3, -0.25) is 14.4 Å². The molecule has 0 N–H and O–H groups in total. The van der Waals surface area contributed by atoms with E-state index in [1.807, 2.05) is 12.2 Å². The zero-order chi connectivity index (χ0) is 58.5. The van der Waals surface area contributed by atoms with Crippen molar-refractivity contribution in [2.24, 2.45) is 0 Å². The number of hydrogen-bond acceptors (Lipinski definition) is 6. The van der Waals surface area contributed by atoms with E-state index in [0.29, 0.717) is 12.8 Å². The summed E-state index contributed by atoms with van der Waals surface area (Å²) in [4.78, 5) is 38.3. The number of allylic oxidation sites excluding steroid dienone is 32. The summed E-state index contributed by atoms with van der Waals surface area (Å²) in [7, 11) is 0. The maximum Gasteiger partial charge on any atom is 0.306 e. The van der Waals surface area contributed by atoms with E-state index in [1.165, 1.54) is 38.5 Å². The molecule has 0 aliphatic rings. The summed E-state index contributed by atoms with van der Waals surface area (Å²) in [6.07, 6.45) is 102. The number of carbonyl (C=O) groups is 3. The summed E-state index contributed by atoms with van der Waals surface area (Å²) in [5.74, 6) is -1.08. The van der Waals surface area contributed by atoms with E-state index in [9.17, 15) is 14.4 Å². The van der Waals surface area contributed by atoms with Crippen molar-refractivity contribution in [2.45, 2.75) is 245 Å². The van der Waals surface area contributed by atoms with E-state index in [2.05, 4.69) is 203 Å². The van der Waals surface area contributed by atoms with Crippen molar-refractivity contribution in [3.8, 4) is 0 Å². The molecule has 0 aromatic heterocycles. The van der Waals surface area contributed by atoms with Gasteiger partial charge in [-0.05, 0) is 154 Å². The Balaban J connectivity index is 4.62. The van der Waals surface area contributed by atoms with Gasteiger partial charge in [0.25, 0.3) is 0 Å². The molecule has 0 spiro atoms. The summed E-state index contributed by atoms with van der Waals surface area (Å²) in [5.41, 5.74) is 0. The smallest absolute Gasteiger partial charge is 0.306 e. The molecule has 0 aliphatic carbocycles. The zero-order valence-corrected chi connectivity index (χ0v) is 51.5. The van der Waals surface area contributed by atoms with Crippen LogP contribution in [0.1, 0.15) is 239 Å². The Kier molecular flexibility index (Phi) is 62.0. The van der Waals surface area contributed by atoms with Crippen LogP contribution in [0.4, 0.5) is 0 Å². The monoisotopic (exact) mass is 1110 g/mol. The fourth-order valence-electron chi connectivity index (χ4n) is 7.87. The predicted molar refractivity (Wildman–Crippen MR) is 352 cm³/mol. The number of esters is 3. The lowest BCUT2D eigenvalue weighted by molar-refractivity contribution is -0.166. The van der Waals surface area contributed by atoms with Gasteiger partial charge in [0.15, 0.2) is 6.10 Å². The molecule has 0 bridgehead atoms. The molecular formula is C75H114O6. The first-order valence-corrected chi connectivity index (χ1v) is 31.9. The van der Waals surface area contributed by atoms with Gasteiger partial charge in [0.2, 0.25) is 0 Å². The maximum absolute atomic E-state index is 12.9. The molecule has 0 aromatic carbocycles. The van der Waals surface area contributed by atoms with Gasteiger partial charge in [0.1, 0.15) is 13.2 Å². The fraction of sp³-hybridized carbons (Fsp3) is 0.533. The molecule has 450 valence electrons. The van der Waals surface area contributed by atoms with Gasteiger partial charge in [0.05, 0.1) is 0 Å². The summed E-state index contributed by atoms with van der Waals surface area (Å²) in [5, 5.41) is 0. The van der Waals surface area contributed by atoms with Gasteiger partial charge in [-0.2, -0.15) is 0 Å². The molecule has 6 nitrogen and oxygen atoms in total. The lowest BCUT2D eigenvalue weighted by Crippen LogP contribution is -2.30. The van der Waals surface area contributed by atoms with Crippen molar-refractivity contribution < 1.29 is 28.6 Å². The Morgan fingerprint density at radius 1 is 0.259 bits per heavy atom. The Morgan fingerprint density at radius 3 is 0.815 bits per heavy atom. The summed E-state index contributed by atoms with van der Waals surface area (Å²) in [6.45, 7) is 6.27. The molecule has 0 amide bonds. The first kappa shape index (κ1) is 75.2. The van der Waals surface area contributed by atoms with Crippen molar-refractivity contribution in [2.75, 3.05) is 13.2 Å². The van der Waals surface area contributed by atoms with E-state index in [0.717, 1.165) is 154 Å². The molecule has 81 heavy (non-hydrogen) atoms. The van der Waals surface area contributed by atoms with Gasteiger partial charge < -0.3 is 14.2 Å². The normalized spacial score (nSPS) is 13.5. The van der Waals surface area contributed by atoms with Crippen LogP contribution >= 0.6 is 0 Å². The fourth-order valence-corrected chi connectivity index (χ4v) is 7.87. The summed E-state index contributed by atoms with van der Waals surface area (Å²) < 4.78 is 16.8. The minimum Gasteiger partial charge on any atom is -0.462 e. The number of carbonyl (C=O) groups excluding carboxylic acids is 3. The first-order valence-electron chi connectivity index (χ1n) is 31.9. The molecule has 1 unspecified atom stereocenters. The molecule has 0 aromatic rings. The average molecular weight is 1110 g/mol. The van der Waals surface area contributed by atoms with Crippen molar-refractivity contribution in [1.29, 1.82) is 0 Å². The number of rotatable bonds is 55. The third-order valence-electron chi connectivity index (χ3n) is 12.6. The van der Waals surface area contributed by atoms with Gasteiger partial charge in [0, 0.05) is 19.3 Å². The minimum absolute atomic E-state index is 0.137. The van der Waals surface area contributed by atoms with Crippen LogP contribution in [0.2, 0.25) is 0 Å². The van der Waals surface area contributed by atoms with Crippen LogP contribution in [-0.2, 0) is 28.6 Å². The predicted octanol–water partition coefficient (Wildman–Crippen LogP) is 22.2. The van der Waals surface area contributed by atoms with E-state index in [4.69, 9.17) is 14.2 Å². The second kappa shape index (κ2) is 66.8. The minimum atomic E-state index is -0.852. The Labute approximate surface area is 497 Å². The first-order chi connectivity index (χ1) is 40.0. The lowest BCUT2D eigenvalue weighted by Gasteiger charge is -2.18.